The maximum absolute atomic E-state index is 12.2. The summed E-state index contributed by atoms with van der Waals surface area (Å²) in [5, 5.41) is 29.2. The zero-order valence-electron chi connectivity index (χ0n) is 14.9. The Balaban J connectivity index is 1.68. The van der Waals surface area contributed by atoms with E-state index in [2.05, 4.69) is 17.1 Å². The molecular weight excluding hydrogens is 350 g/mol. The van der Waals surface area contributed by atoms with Crippen molar-refractivity contribution in [1.29, 1.82) is 0 Å². The minimum atomic E-state index is -1.34. The van der Waals surface area contributed by atoms with Gasteiger partial charge in [0.2, 0.25) is 0 Å². The van der Waals surface area contributed by atoms with E-state index >= 15 is 0 Å². The van der Waals surface area contributed by atoms with Gasteiger partial charge in [0.25, 0.3) is 0 Å². The molecule has 0 radical (unpaired) electrons. The van der Waals surface area contributed by atoms with Crippen LogP contribution in [0.4, 0.5) is 5.82 Å². The molecular formula is C19H25N3O5. The maximum Gasteiger partial charge on any atom is 0.351 e. The number of hydrogen-bond acceptors (Lipinski definition) is 7. The summed E-state index contributed by atoms with van der Waals surface area (Å²) in [6, 6.07) is 10.2. The van der Waals surface area contributed by atoms with Gasteiger partial charge < -0.3 is 25.8 Å². The second-order valence-corrected chi connectivity index (χ2v) is 6.76. The fourth-order valence-electron chi connectivity index (χ4n) is 3.30. The van der Waals surface area contributed by atoms with Crippen LogP contribution >= 0.6 is 0 Å². The molecule has 1 aliphatic rings. The van der Waals surface area contributed by atoms with Crippen molar-refractivity contribution in [2.24, 2.45) is 0 Å². The predicted octanol–water partition coefficient (Wildman–Crippen LogP) is 0.00240. The number of rotatable bonds is 7. The molecule has 0 aliphatic carbocycles. The zero-order chi connectivity index (χ0) is 19.4. The Bertz CT molecular complexity index is 811. The SMILES string of the molecule is Nc1nc(=O)n([C@@H]2O[C@H](CO)C(O)C2O)cc1CCCCc1ccccc1. The van der Waals surface area contributed by atoms with Crippen molar-refractivity contribution in [2.45, 2.75) is 50.2 Å². The summed E-state index contributed by atoms with van der Waals surface area (Å²) >= 11 is 0. The number of ether oxygens (including phenoxy) is 1. The van der Waals surface area contributed by atoms with Gasteiger partial charge in [-0.15, -0.1) is 0 Å². The first-order valence-corrected chi connectivity index (χ1v) is 9.05. The number of benzene rings is 1. The number of hydrogen-bond donors (Lipinski definition) is 4. The summed E-state index contributed by atoms with van der Waals surface area (Å²) in [5.41, 5.74) is 7.15. The molecule has 0 spiro atoms. The number of nitrogens with two attached hydrogens (primary N) is 1. The van der Waals surface area contributed by atoms with E-state index in [-0.39, 0.29) is 5.82 Å². The Kier molecular flexibility index (Phi) is 6.22. The molecule has 8 heteroatoms. The van der Waals surface area contributed by atoms with Gasteiger partial charge in [-0.05, 0) is 31.2 Å². The van der Waals surface area contributed by atoms with Crippen LogP contribution < -0.4 is 11.4 Å². The van der Waals surface area contributed by atoms with E-state index in [4.69, 9.17) is 10.5 Å². The first-order chi connectivity index (χ1) is 13.0. The third-order valence-electron chi connectivity index (χ3n) is 4.86. The first kappa shape index (κ1) is 19.5. The number of aromatic nitrogens is 2. The van der Waals surface area contributed by atoms with Crippen molar-refractivity contribution in [2.75, 3.05) is 12.3 Å². The van der Waals surface area contributed by atoms with Crippen molar-refractivity contribution >= 4 is 5.82 Å². The summed E-state index contributed by atoms with van der Waals surface area (Å²) in [6.07, 6.45) is 0.224. The lowest BCUT2D eigenvalue weighted by Crippen LogP contribution is -2.36. The molecule has 2 heterocycles. The Hall–Kier alpha value is -2.26. The molecule has 2 aromatic rings. The average molecular weight is 375 g/mol. The van der Waals surface area contributed by atoms with Crippen LogP contribution in [0, 0.1) is 0 Å². The molecule has 5 N–H and O–H groups in total. The fourth-order valence-corrected chi connectivity index (χ4v) is 3.30. The van der Waals surface area contributed by atoms with Crippen LogP contribution in [0.5, 0.6) is 0 Å². The summed E-state index contributed by atoms with van der Waals surface area (Å²) < 4.78 is 6.54. The summed E-state index contributed by atoms with van der Waals surface area (Å²) in [6.45, 7) is -0.460. The van der Waals surface area contributed by atoms with Gasteiger partial charge >= 0.3 is 5.69 Å². The lowest BCUT2D eigenvalue weighted by atomic mass is 10.0. The molecule has 3 rings (SSSR count). The third kappa shape index (κ3) is 4.36. The van der Waals surface area contributed by atoms with Crippen molar-refractivity contribution in [3.63, 3.8) is 0 Å². The summed E-state index contributed by atoms with van der Waals surface area (Å²) in [7, 11) is 0. The largest absolute Gasteiger partial charge is 0.394 e. The minimum Gasteiger partial charge on any atom is -0.394 e. The molecule has 27 heavy (non-hydrogen) atoms. The van der Waals surface area contributed by atoms with E-state index in [1.165, 1.54) is 11.8 Å². The molecule has 2 unspecified atom stereocenters. The summed E-state index contributed by atoms with van der Waals surface area (Å²) in [4.78, 5) is 16.0. The van der Waals surface area contributed by atoms with Crippen LogP contribution in [0.3, 0.4) is 0 Å². The van der Waals surface area contributed by atoms with Crippen LogP contribution in [0.15, 0.2) is 41.3 Å². The van der Waals surface area contributed by atoms with Gasteiger partial charge in [0.15, 0.2) is 6.23 Å². The van der Waals surface area contributed by atoms with E-state index in [0.717, 1.165) is 23.8 Å². The van der Waals surface area contributed by atoms with Crippen molar-refractivity contribution in [1.82, 2.24) is 9.55 Å². The van der Waals surface area contributed by atoms with Gasteiger partial charge in [-0.25, -0.2) is 4.79 Å². The number of aryl methyl sites for hydroxylation is 2. The highest BCUT2D eigenvalue weighted by atomic mass is 16.6. The van der Waals surface area contributed by atoms with Gasteiger partial charge in [-0.2, -0.15) is 4.98 Å². The highest BCUT2D eigenvalue weighted by molar-refractivity contribution is 5.37. The number of aliphatic hydroxyl groups is 3. The molecule has 0 amide bonds. The number of aliphatic hydroxyl groups excluding tert-OH is 3. The van der Waals surface area contributed by atoms with Gasteiger partial charge in [0.1, 0.15) is 24.1 Å². The normalized spacial score (nSPS) is 25.0. The molecule has 0 bridgehead atoms. The van der Waals surface area contributed by atoms with Crippen LogP contribution in [-0.4, -0.2) is 49.8 Å². The zero-order valence-corrected chi connectivity index (χ0v) is 14.9. The van der Waals surface area contributed by atoms with Crippen LogP contribution in [0.2, 0.25) is 0 Å². The second-order valence-electron chi connectivity index (χ2n) is 6.76. The number of anilines is 1. The fraction of sp³-hybridized carbons (Fsp3) is 0.474. The predicted molar refractivity (Wildman–Crippen MR) is 99.0 cm³/mol. The monoisotopic (exact) mass is 375 g/mol. The Morgan fingerprint density at radius 3 is 2.48 bits per heavy atom. The number of unbranched alkanes of at least 4 members (excludes halogenated alkanes) is 1. The van der Waals surface area contributed by atoms with Gasteiger partial charge in [0, 0.05) is 11.8 Å². The summed E-state index contributed by atoms with van der Waals surface area (Å²) in [5.74, 6) is 0.155. The second kappa shape index (κ2) is 8.62. The van der Waals surface area contributed by atoms with Crippen molar-refractivity contribution in [3.05, 3.63) is 58.1 Å². The molecule has 4 atom stereocenters. The Morgan fingerprint density at radius 1 is 1.11 bits per heavy atom. The third-order valence-corrected chi connectivity index (χ3v) is 4.86. The van der Waals surface area contributed by atoms with Crippen LogP contribution in [-0.2, 0) is 17.6 Å². The van der Waals surface area contributed by atoms with E-state index in [1.54, 1.807) is 0 Å². The topological polar surface area (TPSA) is 131 Å². The van der Waals surface area contributed by atoms with E-state index in [9.17, 15) is 20.1 Å². The number of nitrogens with zero attached hydrogens (tertiary/aromatic N) is 2. The quantitative estimate of drug-likeness (QED) is 0.501. The van der Waals surface area contributed by atoms with Crippen LogP contribution in [0.1, 0.15) is 30.2 Å². The number of nitrogen functional groups attached to an aromatic ring is 1. The Labute approximate surface area is 156 Å². The highest BCUT2D eigenvalue weighted by Gasteiger charge is 2.43. The van der Waals surface area contributed by atoms with Crippen molar-refractivity contribution < 1.29 is 20.1 Å². The molecule has 0 saturated carbocycles. The van der Waals surface area contributed by atoms with Crippen molar-refractivity contribution in [3.8, 4) is 0 Å². The molecule has 1 saturated heterocycles. The average Bonchev–Trinajstić information content (AvgIpc) is 2.95. The van der Waals surface area contributed by atoms with Gasteiger partial charge in [-0.1, -0.05) is 30.3 Å². The standard InChI is InChI=1S/C19H25N3O5/c20-17-13(9-5-4-8-12-6-2-1-3-7-12)10-22(19(26)21-17)18-16(25)15(24)14(11-23)27-18/h1-3,6-7,10,14-16,18,23-25H,4-5,8-9,11H2,(H2,20,21,26)/t14-,15?,16?,18-/m1/s1. The molecule has 146 valence electrons. The maximum atomic E-state index is 12.2. The smallest absolute Gasteiger partial charge is 0.351 e. The molecule has 1 aromatic heterocycles. The molecule has 8 nitrogen and oxygen atoms in total. The van der Waals surface area contributed by atoms with E-state index < -0.39 is 36.8 Å². The molecule has 1 fully saturated rings. The lowest BCUT2D eigenvalue weighted by Gasteiger charge is -2.18. The van der Waals surface area contributed by atoms with E-state index in [0.29, 0.717) is 12.0 Å². The molecule has 1 aromatic carbocycles. The highest BCUT2D eigenvalue weighted by Crippen LogP contribution is 2.28. The minimum absolute atomic E-state index is 0.155. The van der Waals surface area contributed by atoms with E-state index in [1.807, 2.05) is 18.2 Å². The van der Waals surface area contributed by atoms with Gasteiger partial charge in [-0.3, -0.25) is 4.57 Å². The van der Waals surface area contributed by atoms with Gasteiger partial charge in [0.05, 0.1) is 6.61 Å². The first-order valence-electron chi connectivity index (χ1n) is 9.05. The lowest BCUT2D eigenvalue weighted by molar-refractivity contribution is -0.0550. The molecule has 1 aliphatic heterocycles. The van der Waals surface area contributed by atoms with Crippen LogP contribution in [0.25, 0.3) is 0 Å². The Morgan fingerprint density at radius 2 is 1.81 bits per heavy atom.